The van der Waals surface area contributed by atoms with Crippen LogP contribution >= 0.6 is 11.6 Å². The van der Waals surface area contributed by atoms with Gasteiger partial charge in [-0.2, -0.15) is 0 Å². The average Bonchev–Trinajstić information content (AvgIpc) is 3.01. The van der Waals surface area contributed by atoms with Crippen LogP contribution in [0.25, 0.3) is 5.76 Å². The molecule has 1 atom stereocenters. The van der Waals surface area contributed by atoms with Crippen LogP contribution in [0.4, 0.5) is 0 Å². The second-order valence-corrected chi connectivity index (χ2v) is 7.04. The molecule has 0 aromatic heterocycles. The number of carbonyl (C=O) groups excluding carboxylic acids is 2. The number of Topliss-reactive ketones (excluding diaryl/α,β-unsaturated/α-hetero) is 1. The molecule has 0 unspecified atom stereocenters. The SMILES string of the molecule is COCCN1C(=O)C(=O)/C(=C(/O)c2ccc(Cl)cc2)[C@H]1c1ccc(OC)c(OC)c1. The maximum Gasteiger partial charge on any atom is 0.295 e. The predicted molar refractivity (Wildman–Crippen MR) is 112 cm³/mol. The second-order valence-electron chi connectivity index (χ2n) is 6.61. The van der Waals surface area contributed by atoms with Crippen molar-refractivity contribution in [3.63, 3.8) is 0 Å². The lowest BCUT2D eigenvalue weighted by molar-refractivity contribution is -0.140. The van der Waals surface area contributed by atoms with Crippen LogP contribution in [0.1, 0.15) is 17.2 Å². The zero-order valence-corrected chi connectivity index (χ0v) is 17.6. The van der Waals surface area contributed by atoms with Gasteiger partial charge in [-0.15, -0.1) is 0 Å². The molecule has 8 heteroatoms. The highest BCUT2D eigenvalue weighted by Crippen LogP contribution is 2.41. The van der Waals surface area contributed by atoms with Gasteiger partial charge >= 0.3 is 0 Å². The molecule has 30 heavy (non-hydrogen) atoms. The normalized spacial score (nSPS) is 18.0. The van der Waals surface area contributed by atoms with Crippen molar-refractivity contribution in [1.29, 1.82) is 0 Å². The van der Waals surface area contributed by atoms with Gasteiger partial charge in [0.2, 0.25) is 0 Å². The number of hydrogen-bond acceptors (Lipinski definition) is 6. The van der Waals surface area contributed by atoms with E-state index in [1.54, 1.807) is 42.5 Å². The number of benzene rings is 2. The lowest BCUT2D eigenvalue weighted by atomic mass is 9.95. The molecular formula is C22H22ClNO6. The van der Waals surface area contributed by atoms with Gasteiger partial charge in [0.05, 0.1) is 32.4 Å². The third-order valence-corrected chi connectivity index (χ3v) is 5.17. The average molecular weight is 432 g/mol. The van der Waals surface area contributed by atoms with Crippen molar-refractivity contribution in [2.45, 2.75) is 6.04 Å². The minimum atomic E-state index is -0.810. The lowest BCUT2D eigenvalue weighted by Crippen LogP contribution is -2.32. The van der Waals surface area contributed by atoms with Crippen LogP contribution in [0.15, 0.2) is 48.0 Å². The fraction of sp³-hybridized carbons (Fsp3) is 0.273. The Kier molecular flexibility index (Phi) is 6.64. The van der Waals surface area contributed by atoms with Crippen LogP contribution in [-0.2, 0) is 14.3 Å². The second kappa shape index (κ2) is 9.19. The molecule has 3 rings (SSSR count). The van der Waals surface area contributed by atoms with Gasteiger partial charge in [-0.1, -0.05) is 17.7 Å². The number of carbonyl (C=O) groups is 2. The number of aliphatic hydroxyl groups excluding tert-OH is 1. The molecule has 0 aliphatic carbocycles. The van der Waals surface area contributed by atoms with Crippen LogP contribution in [0, 0.1) is 0 Å². The highest BCUT2D eigenvalue weighted by Gasteiger charge is 2.46. The molecule has 2 aromatic rings. The number of aliphatic hydroxyl groups is 1. The lowest BCUT2D eigenvalue weighted by Gasteiger charge is -2.25. The van der Waals surface area contributed by atoms with E-state index < -0.39 is 17.7 Å². The Morgan fingerprint density at radius 3 is 2.30 bits per heavy atom. The van der Waals surface area contributed by atoms with E-state index in [-0.39, 0.29) is 24.5 Å². The number of rotatable bonds is 7. The van der Waals surface area contributed by atoms with E-state index >= 15 is 0 Å². The summed E-state index contributed by atoms with van der Waals surface area (Å²) in [6.07, 6.45) is 0. The molecule has 7 nitrogen and oxygen atoms in total. The standard InChI is InChI=1S/C22H22ClNO6/c1-28-11-10-24-19(14-6-9-16(29-2)17(12-14)30-3)18(21(26)22(24)27)20(25)13-4-7-15(23)8-5-13/h4-9,12,19,25H,10-11H2,1-3H3/b20-18+/t19-/m1/s1. The van der Waals surface area contributed by atoms with Crippen LogP contribution < -0.4 is 9.47 Å². The molecule has 0 saturated carbocycles. The Hall–Kier alpha value is -3.03. The van der Waals surface area contributed by atoms with E-state index in [1.165, 1.54) is 26.2 Å². The maximum absolute atomic E-state index is 12.9. The third-order valence-electron chi connectivity index (χ3n) is 4.92. The first-order chi connectivity index (χ1) is 14.4. The van der Waals surface area contributed by atoms with Crippen molar-refractivity contribution in [3.8, 4) is 11.5 Å². The van der Waals surface area contributed by atoms with Gasteiger partial charge in [-0.05, 0) is 42.0 Å². The molecule has 158 valence electrons. The molecule has 1 saturated heterocycles. The number of ketones is 1. The van der Waals surface area contributed by atoms with E-state index in [2.05, 4.69) is 0 Å². The van der Waals surface area contributed by atoms with Gasteiger partial charge in [0, 0.05) is 24.2 Å². The summed E-state index contributed by atoms with van der Waals surface area (Å²) in [4.78, 5) is 27.0. The number of halogens is 1. The Balaban J connectivity index is 2.18. The largest absolute Gasteiger partial charge is 0.507 e. The molecular weight excluding hydrogens is 410 g/mol. The summed E-state index contributed by atoms with van der Waals surface area (Å²) in [6.45, 7) is 0.412. The molecule has 2 aromatic carbocycles. The van der Waals surface area contributed by atoms with Crippen molar-refractivity contribution >= 4 is 29.1 Å². The van der Waals surface area contributed by atoms with E-state index in [0.717, 1.165) is 0 Å². The van der Waals surface area contributed by atoms with Crippen molar-refractivity contribution in [2.75, 3.05) is 34.5 Å². The fourth-order valence-electron chi connectivity index (χ4n) is 3.43. The fourth-order valence-corrected chi connectivity index (χ4v) is 3.56. The van der Waals surface area contributed by atoms with E-state index in [9.17, 15) is 14.7 Å². The predicted octanol–water partition coefficient (Wildman–Crippen LogP) is 3.43. The molecule has 1 heterocycles. The zero-order valence-electron chi connectivity index (χ0n) is 16.8. The quantitative estimate of drug-likeness (QED) is 0.410. The monoisotopic (exact) mass is 431 g/mol. The number of hydrogen-bond donors (Lipinski definition) is 1. The number of amides is 1. The number of nitrogens with zero attached hydrogens (tertiary/aromatic N) is 1. The highest BCUT2D eigenvalue weighted by atomic mass is 35.5. The topological polar surface area (TPSA) is 85.3 Å². The zero-order chi connectivity index (χ0) is 21.8. The highest BCUT2D eigenvalue weighted by molar-refractivity contribution is 6.46. The van der Waals surface area contributed by atoms with Gasteiger partial charge in [-0.3, -0.25) is 9.59 Å². The van der Waals surface area contributed by atoms with Crippen LogP contribution in [0.2, 0.25) is 5.02 Å². The van der Waals surface area contributed by atoms with Crippen molar-refractivity contribution in [3.05, 3.63) is 64.2 Å². The molecule has 0 spiro atoms. The van der Waals surface area contributed by atoms with Gasteiger partial charge in [0.1, 0.15) is 5.76 Å². The van der Waals surface area contributed by atoms with Crippen molar-refractivity contribution in [1.82, 2.24) is 4.90 Å². The first kappa shape index (κ1) is 21.7. The van der Waals surface area contributed by atoms with Crippen LogP contribution in [0.3, 0.4) is 0 Å². The first-order valence-corrected chi connectivity index (χ1v) is 9.56. The van der Waals surface area contributed by atoms with Crippen LogP contribution in [-0.4, -0.2) is 56.2 Å². The number of methoxy groups -OCH3 is 3. The molecule has 1 N–H and O–H groups in total. The smallest absolute Gasteiger partial charge is 0.295 e. The Morgan fingerprint density at radius 1 is 1.03 bits per heavy atom. The van der Waals surface area contributed by atoms with E-state index in [4.69, 9.17) is 25.8 Å². The number of ether oxygens (including phenoxy) is 3. The first-order valence-electron chi connectivity index (χ1n) is 9.18. The van der Waals surface area contributed by atoms with Crippen LogP contribution in [0.5, 0.6) is 11.5 Å². The van der Waals surface area contributed by atoms with E-state index in [1.807, 2.05) is 0 Å². The summed E-state index contributed by atoms with van der Waals surface area (Å²) in [6, 6.07) is 10.7. The molecule has 1 aliphatic rings. The molecule has 1 amide bonds. The molecule has 1 aliphatic heterocycles. The minimum Gasteiger partial charge on any atom is -0.507 e. The number of likely N-dealkylation sites (tertiary alicyclic amines) is 1. The summed E-state index contributed by atoms with van der Waals surface area (Å²) >= 11 is 5.93. The minimum absolute atomic E-state index is 0.00866. The maximum atomic E-state index is 12.9. The summed E-state index contributed by atoms with van der Waals surface area (Å²) < 4.78 is 15.7. The van der Waals surface area contributed by atoms with Gasteiger partial charge in [0.25, 0.3) is 11.7 Å². The van der Waals surface area contributed by atoms with E-state index in [0.29, 0.717) is 27.6 Å². The van der Waals surface area contributed by atoms with Crippen molar-refractivity contribution in [2.24, 2.45) is 0 Å². The summed E-state index contributed by atoms with van der Waals surface area (Å²) in [5, 5.41) is 11.4. The molecule has 0 radical (unpaired) electrons. The van der Waals surface area contributed by atoms with Gasteiger partial charge < -0.3 is 24.2 Å². The van der Waals surface area contributed by atoms with Gasteiger partial charge in [0.15, 0.2) is 11.5 Å². The third kappa shape index (κ3) is 3.99. The van der Waals surface area contributed by atoms with Crippen molar-refractivity contribution < 1.29 is 28.9 Å². The Labute approximate surface area is 179 Å². The Bertz CT molecular complexity index is 986. The molecule has 0 bridgehead atoms. The Morgan fingerprint density at radius 2 is 1.70 bits per heavy atom. The molecule has 1 fully saturated rings. The summed E-state index contributed by atoms with van der Waals surface area (Å²) in [7, 11) is 4.52. The summed E-state index contributed by atoms with van der Waals surface area (Å²) in [5.74, 6) is -0.794. The summed E-state index contributed by atoms with van der Waals surface area (Å²) in [5.41, 5.74) is 0.971. The van der Waals surface area contributed by atoms with Gasteiger partial charge in [-0.25, -0.2) is 0 Å².